The molecule has 142 valence electrons. The van der Waals surface area contributed by atoms with E-state index in [9.17, 15) is 14.6 Å². The fraction of sp³-hybridized carbons (Fsp3) is 0.316. The van der Waals surface area contributed by atoms with Crippen molar-refractivity contribution in [3.05, 3.63) is 54.0 Å². The summed E-state index contributed by atoms with van der Waals surface area (Å²) in [5.74, 6) is 0.347. The van der Waals surface area contributed by atoms with Gasteiger partial charge in [-0.1, -0.05) is 12.7 Å². The van der Waals surface area contributed by atoms with Crippen LogP contribution in [0.15, 0.2) is 42.0 Å². The second-order valence-corrected chi connectivity index (χ2v) is 6.70. The highest BCUT2D eigenvalue weighted by Crippen LogP contribution is 2.38. The molecule has 8 heteroatoms. The summed E-state index contributed by atoms with van der Waals surface area (Å²) in [4.78, 5) is 4.49. The van der Waals surface area contributed by atoms with Gasteiger partial charge in [0.25, 0.3) is 0 Å². The monoisotopic (exact) mass is 372 g/mol. The van der Waals surface area contributed by atoms with Crippen molar-refractivity contribution >= 4 is 23.9 Å². The highest BCUT2D eigenvalue weighted by molar-refractivity contribution is 5.71. The summed E-state index contributed by atoms with van der Waals surface area (Å²) in [5, 5.41) is 22.1. The van der Waals surface area contributed by atoms with Crippen LogP contribution in [0, 0.1) is 5.82 Å². The Morgan fingerprint density at radius 2 is 2.04 bits per heavy atom. The molecule has 1 saturated heterocycles. The van der Waals surface area contributed by atoms with E-state index < -0.39 is 24.5 Å². The summed E-state index contributed by atoms with van der Waals surface area (Å²) in [6, 6.07) is 6.05. The number of ether oxygens (including phenoxy) is 1. The minimum atomic E-state index is -1.04. The molecule has 2 aliphatic rings. The maximum Gasteiger partial charge on any atom is 0.164 e. The first-order valence-electron chi connectivity index (χ1n) is 8.68. The summed E-state index contributed by atoms with van der Waals surface area (Å²) >= 11 is 0. The van der Waals surface area contributed by atoms with Crippen LogP contribution in [-0.2, 0) is 11.3 Å². The lowest BCUT2D eigenvalue weighted by Gasteiger charge is -2.26. The van der Waals surface area contributed by atoms with Crippen LogP contribution in [0.2, 0.25) is 0 Å². The van der Waals surface area contributed by atoms with E-state index >= 15 is 0 Å². The lowest BCUT2D eigenvalue weighted by atomic mass is 10.1. The maximum atomic E-state index is 13.1. The summed E-state index contributed by atoms with van der Waals surface area (Å²) in [7, 11) is 0. The zero-order valence-corrected chi connectivity index (χ0v) is 14.8. The third-order valence-corrected chi connectivity index (χ3v) is 4.88. The molecule has 3 N–H and O–H groups in total. The van der Waals surface area contributed by atoms with Gasteiger partial charge in [-0.25, -0.2) is 9.38 Å². The highest BCUT2D eigenvalue weighted by atomic mass is 19.1. The number of hydrogen-bond acceptors (Lipinski definition) is 6. The molecule has 7 nitrogen and oxygen atoms in total. The maximum absolute atomic E-state index is 13.1. The Morgan fingerprint density at radius 3 is 2.67 bits per heavy atom. The van der Waals surface area contributed by atoms with Crippen LogP contribution < -0.4 is 5.43 Å². The Hall–Kier alpha value is -2.68. The number of aromatic nitrogens is 1. The number of fused-ring (bicyclic) bond motifs is 1. The van der Waals surface area contributed by atoms with Gasteiger partial charge in [0.15, 0.2) is 6.23 Å². The Kier molecular flexibility index (Phi) is 4.47. The number of hydrogen-bond donors (Lipinski definition) is 3. The number of nitrogens with zero attached hydrogens (tertiary/aromatic N) is 3. The van der Waals surface area contributed by atoms with Gasteiger partial charge in [-0.15, -0.1) is 0 Å². The minimum Gasteiger partial charge on any atom is -0.388 e. The van der Waals surface area contributed by atoms with Crippen molar-refractivity contribution in [2.45, 2.75) is 38.0 Å². The van der Waals surface area contributed by atoms with E-state index in [1.54, 1.807) is 41.0 Å². The zero-order valence-electron chi connectivity index (χ0n) is 14.8. The summed E-state index contributed by atoms with van der Waals surface area (Å²) in [5.41, 5.74) is 5.66. The van der Waals surface area contributed by atoms with Crippen molar-refractivity contribution in [1.82, 2.24) is 9.58 Å². The van der Waals surface area contributed by atoms with Crippen LogP contribution in [0.3, 0.4) is 0 Å². The van der Waals surface area contributed by atoms with Gasteiger partial charge in [0.1, 0.15) is 30.2 Å². The average Bonchev–Trinajstić information content (AvgIpc) is 3.15. The molecule has 2 aliphatic heterocycles. The van der Waals surface area contributed by atoms with Gasteiger partial charge < -0.3 is 19.5 Å². The molecule has 1 fully saturated rings. The van der Waals surface area contributed by atoms with Crippen molar-refractivity contribution < 1.29 is 19.3 Å². The van der Waals surface area contributed by atoms with Gasteiger partial charge in [-0.3, -0.25) is 10.4 Å². The number of aliphatic imine (C=N–C) groups is 1. The third-order valence-electron chi connectivity index (χ3n) is 4.88. The van der Waals surface area contributed by atoms with E-state index in [-0.39, 0.29) is 5.82 Å². The summed E-state index contributed by atoms with van der Waals surface area (Å²) in [6.45, 7) is 6.06. The van der Waals surface area contributed by atoms with Crippen LogP contribution in [-0.4, -0.2) is 44.4 Å². The smallest absolute Gasteiger partial charge is 0.164 e. The molecule has 27 heavy (non-hydrogen) atoms. The number of anilines is 1. The van der Waals surface area contributed by atoms with Crippen LogP contribution >= 0.6 is 0 Å². The number of halogens is 1. The molecule has 0 bridgehead atoms. The Morgan fingerprint density at radius 1 is 1.30 bits per heavy atom. The summed E-state index contributed by atoms with van der Waals surface area (Å²) < 4.78 is 20.5. The lowest BCUT2D eigenvalue weighted by molar-refractivity contribution is -0.0309. The minimum absolute atomic E-state index is 0.298. The standard InChI is InChI=1S/C19H21FN4O3/c1-3-12-8-24(19-17(26)16(25)11(2)27-19)18-15(12)9-23(10-21-18)22-14-6-4-13(20)5-7-14/h3-8,10-11,16-17,19,22,25-26H,1,9H2,2H3/t11-,16-,17-,19-/m1/s1. The number of hydrazine groups is 1. The Bertz CT molecular complexity index is 880. The van der Waals surface area contributed by atoms with E-state index in [0.29, 0.717) is 12.4 Å². The molecular weight excluding hydrogens is 351 g/mol. The molecule has 3 heterocycles. The molecule has 0 unspecified atom stereocenters. The SMILES string of the molecule is C=Cc1cn([C@@H]2O[C@H](C)[C@@H](O)[C@H]2O)c2c1CN(Nc1ccc(F)cc1)C=N2. The first kappa shape index (κ1) is 17.7. The largest absolute Gasteiger partial charge is 0.388 e. The normalized spacial score (nSPS) is 26.9. The van der Waals surface area contributed by atoms with Crippen LogP contribution in [0.5, 0.6) is 0 Å². The zero-order chi connectivity index (χ0) is 19.1. The molecule has 0 saturated carbocycles. The van der Waals surface area contributed by atoms with E-state index in [4.69, 9.17) is 4.74 Å². The van der Waals surface area contributed by atoms with E-state index in [2.05, 4.69) is 17.0 Å². The van der Waals surface area contributed by atoms with E-state index in [0.717, 1.165) is 16.8 Å². The molecule has 0 spiro atoms. The first-order chi connectivity index (χ1) is 13.0. The second-order valence-electron chi connectivity index (χ2n) is 6.70. The quantitative estimate of drug-likeness (QED) is 0.768. The number of benzene rings is 1. The van der Waals surface area contributed by atoms with Gasteiger partial charge in [0, 0.05) is 11.8 Å². The predicted molar refractivity (Wildman–Crippen MR) is 99.8 cm³/mol. The van der Waals surface area contributed by atoms with Crippen molar-refractivity contribution in [2.75, 3.05) is 5.43 Å². The van der Waals surface area contributed by atoms with E-state index in [1.165, 1.54) is 12.1 Å². The molecule has 4 rings (SSSR count). The molecule has 4 atom stereocenters. The second kappa shape index (κ2) is 6.80. The highest BCUT2D eigenvalue weighted by Gasteiger charge is 2.42. The van der Waals surface area contributed by atoms with Gasteiger partial charge in [0.05, 0.1) is 18.3 Å². The van der Waals surface area contributed by atoms with Gasteiger partial charge in [0.2, 0.25) is 0 Å². The molecule has 1 aromatic carbocycles. The first-order valence-corrected chi connectivity index (χ1v) is 8.68. The molecule has 2 aromatic rings. The number of rotatable bonds is 4. The Balaban J connectivity index is 1.61. The molecule has 0 aliphatic carbocycles. The van der Waals surface area contributed by atoms with Crippen molar-refractivity contribution in [3.8, 4) is 0 Å². The van der Waals surface area contributed by atoms with Crippen molar-refractivity contribution in [1.29, 1.82) is 0 Å². The molecule has 0 amide bonds. The summed E-state index contributed by atoms with van der Waals surface area (Å²) in [6.07, 6.45) is 1.97. The van der Waals surface area contributed by atoms with Crippen LogP contribution in [0.25, 0.3) is 6.08 Å². The Labute approximate surface area is 156 Å². The van der Waals surface area contributed by atoms with Gasteiger partial charge in [-0.2, -0.15) is 0 Å². The van der Waals surface area contributed by atoms with Crippen LogP contribution in [0.1, 0.15) is 24.3 Å². The fourth-order valence-electron chi connectivity index (χ4n) is 3.40. The predicted octanol–water partition coefficient (Wildman–Crippen LogP) is 2.41. The van der Waals surface area contributed by atoms with Crippen LogP contribution in [0.4, 0.5) is 15.9 Å². The number of aliphatic hydroxyl groups excluding tert-OH is 2. The fourth-order valence-corrected chi connectivity index (χ4v) is 3.40. The molecular formula is C19H21FN4O3. The van der Waals surface area contributed by atoms with Crippen molar-refractivity contribution in [2.24, 2.45) is 4.99 Å². The van der Waals surface area contributed by atoms with Crippen molar-refractivity contribution in [3.63, 3.8) is 0 Å². The van der Waals surface area contributed by atoms with Gasteiger partial charge >= 0.3 is 0 Å². The average molecular weight is 372 g/mol. The third kappa shape index (κ3) is 3.12. The number of nitrogens with one attached hydrogen (secondary N) is 1. The lowest BCUT2D eigenvalue weighted by Crippen LogP contribution is -2.31. The topological polar surface area (TPSA) is 82.2 Å². The molecule has 1 aromatic heterocycles. The number of aliphatic hydroxyl groups is 2. The molecule has 0 radical (unpaired) electrons. The van der Waals surface area contributed by atoms with E-state index in [1.807, 2.05) is 6.20 Å². The van der Waals surface area contributed by atoms with Gasteiger partial charge in [-0.05, 0) is 36.8 Å².